The normalized spacial score (nSPS) is 12.7. The van der Waals surface area contributed by atoms with E-state index in [0.717, 1.165) is 33.3 Å². The zero-order valence-corrected chi connectivity index (χ0v) is 13.7. The molecule has 2 rings (SSSR count). The molecular formula is C15H16BrF2NS. The molecule has 2 aromatic rings. The van der Waals surface area contributed by atoms with Crippen molar-refractivity contribution in [1.29, 1.82) is 0 Å². The number of thiophene rings is 1. The maximum atomic E-state index is 14.0. The van der Waals surface area contributed by atoms with E-state index in [4.69, 9.17) is 0 Å². The van der Waals surface area contributed by atoms with Crippen molar-refractivity contribution >= 4 is 27.3 Å². The van der Waals surface area contributed by atoms with Crippen LogP contribution in [0.2, 0.25) is 0 Å². The van der Waals surface area contributed by atoms with Crippen LogP contribution < -0.4 is 5.32 Å². The first-order valence-corrected chi connectivity index (χ1v) is 8.08. The third-order valence-electron chi connectivity index (χ3n) is 3.05. The lowest BCUT2D eigenvalue weighted by Crippen LogP contribution is -2.23. The average molecular weight is 360 g/mol. The molecule has 0 aliphatic carbocycles. The fourth-order valence-corrected chi connectivity index (χ4v) is 3.69. The van der Waals surface area contributed by atoms with Gasteiger partial charge in [-0.15, -0.1) is 11.3 Å². The minimum atomic E-state index is -0.807. The van der Waals surface area contributed by atoms with E-state index in [1.807, 2.05) is 19.9 Å². The van der Waals surface area contributed by atoms with Crippen molar-refractivity contribution < 1.29 is 8.78 Å². The summed E-state index contributed by atoms with van der Waals surface area (Å²) in [6.07, 6.45) is 0.930. The second kappa shape index (κ2) is 6.78. The second-order valence-electron chi connectivity index (χ2n) is 4.64. The molecule has 1 N–H and O–H groups in total. The van der Waals surface area contributed by atoms with Crippen LogP contribution in [0.5, 0.6) is 0 Å². The summed E-state index contributed by atoms with van der Waals surface area (Å²) >= 11 is 5.03. The van der Waals surface area contributed by atoms with E-state index in [-0.39, 0.29) is 6.04 Å². The lowest BCUT2D eigenvalue weighted by molar-refractivity contribution is 0.481. The Labute approximate surface area is 130 Å². The lowest BCUT2D eigenvalue weighted by atomic mass is 10.0. The van der Waals surface area contributed by atoms with E-state index in [1.54, 1.807) is 23.5 Å². The number of hydrogen-bond acceptors (Lipinski definition) is 2. The Hall–Kier alpha value is -0.780. The molecule has 20 heavy (non-hydrogen) atoms. The van der Waals surface area contributed by atoms with Crippen LogP contribution in [0.4, 0.5) is 8.78 Å². The predicted octanol–water partition coefficient (Wildman–Crippen LogP) is 5.19. The first kappa shape index (κ1) is 15.6. The molecule has 5 heteroatoms. The van der Waals surface area contributed by atoms with Crippen molar-refractivity contribution in [2.75, 3.05) is 6.54 Å². The van der Waals surface area contributed by atoms with Gasteiger partial charge >= 0.3 is 0 Å². The molecule has 1 unspecified atom stereocenters. The fraction of sp³-hybridized carbons (Fsp3) is 0.333. The summed E-state index contributed by atoms with van der Waals surface area (Å²) in [5, 5.41) is 3.29. The molecule has 108 valence electrons. The van der Waals surface area contributed by atoms with Gasteiger partial charge in [-0.2, -0.15) is 0 Å². The van der Waals surface area contributed by atoms with Gasteiger partial charge in [-0.05, 0) is 53.5 Å². The highest BCUT2D eigenvalue weighted by Gasteiger charge is 2.21. The maximum absolute atomic E-state index is 14.0. The molecule has 1 heterocycles. The number of benzene rings is 1. The number of hydrogen-bond donors (Lipinski definition) is 1. The van der Waals surface area contributed by atoms with Crippen molar-refractivity contribution in [1.82, 2.24) is 5.32 Å². The molecule has 1 nitrogen and oxygen atoms in total. The van der Waals surface area contributed by atoms with Crippen molar-refractivity contribution in [2.45, 2.75) is 26.3 Å². The third kappa shape index (κ3) is 3.27. The Morgan fingerprint density at radius 3 is 2.70 bits per heavy atom. The highest BCUT2D eigenvalue weighted by molar-refractivity contribution is 9.11. The monoisotopic (exact) mass is 359 g/mol. The molecule has 0 spiro atoms. The van der Waals surface area contributed by atoms with Crippen molar-refractivity contribution in [3.63, 3.8) is 0 Å². The molecule has 1 aromatic carbocycles. The Morgan fingerprint density at radius 2 is 2.10 bits per heavy atom. The van der Waals surface area contributed by atoms with Crippen molar-refractivity contribution in [2.24, 2.45) is 0 Å². The summed E-state index contributed by atoms with van der Waals surface area (Å²) in [6, 6.07) is 6.01. The van der Waals surface area contributed by atoms with E-state index >= 15 is 0 Å². The van der Waals surface area contributed by atoms with Crippen LogP contribution in [0.15, 0.2) is 28.1 Å². The van der Waals surface area contributed by atoms with Crippen molar-refractivity contribution in [3.05, 3.63) is 55.7 Å². The predicted molar refractivity (Wildman–Crippen MR) is 83.3 cm³/mol. The standard InChI is InChI=1S/C15H16BrF2NS/c1-3-7-19-14(12-8-9(2)15(16)20-12)10-5-4-6-11(17)13(10)18/h4-6,8,14,19H,3,7H2,1-2H3. The quantitative estimate of drug-likeness (QED) is 0.774. The molecule has 0 bridgehead atoms. The van der Waals surface area contributed by atoms with Crippen LogP contribution in [-0.2, 0) is 0 Å². The van der Waals surface area contributed by atoms with E-state index in [9.17, 15) is 8.78 Å². The lowest BCUT2D eigenvalue weighted by Gasteiger charge is -2.18. The molecule has 0 aliphatic heterocycles. The van der Waals surface area contributed by atoms with E-state index in [2.05, 4.69) is 21.2 Å². The Bertz CT molecular complexity index is 578. The minimum Gasteiger partial charge on any atom is -0.306 e. The van der Waals surface area contributed by atoms with E-state index < -0.39 is 11.6 Å². The number of rotatable bonds is 5. The highest BCUT2D eigenvalue weighted by atomic mass is 79.9. The number of aryl methyl sites for hydroxylation is 1. The minimum absolute atomic E-state index is 0.319. The average Bonchev–Trinajstić information content (AvgIpc) is 2.74. The van der Waals surface area contributed by atoms with Crippen LogP contribution in [0, 0.1) is 18.6 Å². The van der Waals surface area contributed by atoms with Gasteiger partial charge in [-0.3, -0.25) is 0 Å². The summed E-state index contributed by atoms with van der Waals surface area (Å²) in [6.45, 7) is 4.78. The summed E-state index contributed by atoms with van der Waals surface area (Å²) < 4.78 is 28.5. The summed E-state index contributed by atoms with van der Waals surface area (Å²) in [7, 11) is 0. The van der Waals surface area contributed by atoms with Crippen LogP contribution >= 0.6 is 27.3 Å². The molecule has 1 aromatic heterocycles. The summed E-state index contributed by atoms with van der Waals surface area (Å²) in [5.74, 6) is -1.58. The molecule has 0 fully saturated rings. The largest absolute Gasteiger partial charge is 0.306 e. The third-order valence-corrected chi connectivity index (χ3v) is 5.25. The number of nitrogens with one attached hydrogen (secondary N) is 1. The van der Waals surface area contributed by atoms with Gasteiger partial charge in [-0.1, -0.05) is 19.1 Å². The van der Waals surface area contributed by atoms with Gasteiger partial charge in [0.1, 0.15) is 0 Å². The van der Waals surface area contributed by atoms with Gasteiger partial charge in [-0.25, -0.2) is 8.78 Å². The van der Waals surface area contributed by atoms with E-state index in [0.29, 0.717) is 5.56 Å². The van der Waals surface area contributed by atoms with Gasteiger partial charge in [0.15, 0.2) is 11.6 Å². The zero-order valence-electron chi connectivity index (χ0n) is 11.3. The first-order valence-electron chi connectivity index (χ1n) is 6.47. The topological polar surface area (TPSA) is 12.0 Å². The van der Waals surface area contributed by atoms with Crippen LogP contribution in [0.1, 0.15) is 35.4 Å². The van der Waals surface area contributed by atoms with Crippen LogP contribution in [-0.4, -0.2) is 6.54 Å². The molecule has 1 atom stereocenters. The molecule has 0 saturated heterocycles. The van der Waals surface area contributed by atoms with Crippen LogP contribution in [0.3, 0.4) is 0 Å². The Morgan fingerprint density at radius 1 is 1.35 bits per heavy atom. The van der Waals surface area contributed by atoms with Gasteiger partial charge in [0.25, 0.3) is 0 Å². The second-order valence-corrected chi connectivity index (χ2v) is 7.04. The zero-order chi connectivity index (χ0) is 14.7. The van der Waals surface area contributed by atoms with Gasteiger partial charge in [0.05, 0.1) is 9.83 Å². The van der Waals surface area contributed by atoms with E-state index in [1.165, 1.54) is 0 Å². The summed E-state index contributed by atoms with van der Waals surface area (Å²) in [5.41, 5.74) is 1.46. The Balaban J connectivity index is 2.44. The SMILES string of the molecule is CCCNC(c1cc(C)c(Br)s1)c1cccc(F)c1F. The molecule has 0 amide bonds. The fourth-order valence-electron chi connectivity index (χ4n) is 2.02. The molecule has 0 aliphatic rings. The van der Waals surface area contributed by atoms with Gasteiger partial charge < -0.3 is 5.32 Å². The Kier molecular flexibility index (Phi) is 5.29. The molecule has 0 radical (unpaired) electrons. The van der Waals surface area contributed by atoms with Crippen LogP contribution in [0.25, 0.3) is 0 Å². The van der Waals surface area contributed by atoms with Crippen molar-refractivity contribution in [3.8, 4) is 0 Å². The van der Waals surface area contributed by atoms with Gasteiger partial charge in [0.2, 0.25) is 0 Å². The maximum Gasteiger partial charge on any atom is 0.163 e. The molecular weight excluding hydrogens is 344 g/mol. The number of halogens is 3. The first-order chi connectivity index (χ1) is 9.54. The smallest absolute Gasteiger partial charge is 0.163 e. The molecule has 0 saturated carbocycles. The summed E-state index contributed by atoms with van der Waals surface area (Å²) in [4.78, 5) is 0.979. The van der Waals surface area contributed by atoms with Gasteiger partial charge in [0, 0.05) is 10.4 Å². The highest BCUT2D eigenvalue weighted by Crippen LogP contribution is 2.35.